The summed E-state index contributed by atoms with van der Waals surface area (Å²) in [6, 6.07) is 3.84. The van der Waals surface area contributed by atoms with Crippen molar-refractivity contribution < 1.29 is 13.2 Å². The fraction of sp³-hybridized carbons (Fsp3) is 0.667. The number of hydrogen-bond acceptors (Lipinski definition) is 3. The third kappa shape index (κ3) is 4.06. The molecule has 2 aliphatic carbocycles. The van der Waals surface area contributed by atoms with Crippen molar-refractivity contribution >= 4 is 15.9 Å². The first-order chi connectivity index (χ1) is 12.6. The molecule has 0 unspecified atom stereocenters. The second-order valence-electron chi connectivity index (χ2n) is 8.68. The maximum Gasteiger partial charge on any atom is 0.243 e. The van der Waals surface area contributed by atoms with Crippen LogP contribution in [0.4, 0.5) is 0 Å². The Morgan fingerprint density at radius 3 is 2.33 bits per heavy atom. The van der Waals surface area contributed by atoms with Gasteiger partial charge in [-0.25, -0.2) is 8.42 Å². The van der Waals surface area contributed by atoms with E-state index in [9.17, 15) is 13.2 Å². The summed E-state index contributed by atoms with van der Waals surface area (Å²) in [6.45, 7) is 7.47. The largest absolute Gasteiger partial charge is 0.352 e. The third-order valence-corrected chi connectivity index (χ3v) is 8.57. The van der Waals surface area contributed by atoms with Crippen molar-refractivity contribution in [3.05, 3.63) is 28.8 Å². The van der Waals surface area contributed by atoms with Crippen molar-refractivity contribution in [1.82, 2.24) is 9.62 Å². The van der Waals surface area contributed by atoms with E-state index in [-0.39, 0.29) is 18.5 Å². The van der Waals surface area contributed by atoms with E-state index >= 15 is 0 Å². The fourth-order valence-electron chi connectivity index (χ4n) is 5.33. The van der Waals surface area contributed by atoms with Crippen molar-refractivity contribution in [2.75, 3.05) is 13.6 Å². The van der Waals surface area contributed by atoms with Crippen LogP contribution in [-0.4, -0.2) is 38.3 Å². The Hall–Kier alpha value is -1.40. The van der Waals surface area contributed by atoms with Gasteiger partial charge in [-0.2, -0.15) is 4.31 Å². The molecule has 1 N–H and O–H groups in total. The first-order valence-electron chi connectivity index (χ1n) is 9.93. The Morgan fingerprint density at radius 2 is 1.81 bits per heavy atom. The maximum atomic E-state index is 13.0. The molecule has 4 atom stereocenters. The molecule has 2 fully saturated rings. The molecule has 5 nitrogen and oxygen atoms in total. The van der Waals surface area contributed by atoms with E-state index in [2.05, 4.69) is 12.2 Å². The van der Waals surface area contributed by atoms with E-state index in [1.54, 1.807) is 13.8 Å². The molecule has 0 aliphatic heterocycles. The number of rotatable bonds is 6. The zero-order chi connectivity index (χ0) is 19.9. The van der Waals surface area contributed by atoms with Crippen LogP contribution in [0.25, 0.3) is 0 Å². The number of hydrogen-bond donors (Lipinski definition) is 1. The van der Waals surface area contributed by atoms with Crippen LogP contribution in [0.3, 0.4) is 0 Å². The number of fused-ring (bicyclic) bond motifs is 2. The highest BCUT2D eigenvalue weighted by Gasteiger charge is 2.42. The number of amides is 1. The van der Waals surface area contributed by atoms with E-state index in [0.717, 1.165) is 28.5 Å². The lowest BCUT2D eigenvalue weighted by atomic mass is 9.84. The van der Waals surface area contributed by atoms with Gasteiger partial charge in [0.15, 0.2) is 0 Å². The number of likely N-dealkylation sites (N-methyl/N-ethyl adjacent to an activating group) is 1. The van der Waals surface area contributed by atoms with E-state index in [1.807, 2.05) is 19.1 Å². The molecule has 1 aromatic carbocycles. The topological polar surface area (TPSA) is 66.5 Å². The minimum Gasteiger partial charge on any atom is -0.352 e. The highest BCUT2D eigenvalue weighted by molar-refractivity contribution is 7.89. The monoisotopic (exact) mass is 392 g/mol. The minimum atomic E-state index is -3.70. The van der Waals surface area contributed by atoms with Crippen molar-refractivity contribution in [2.24, 2.45) is 17.8 Å². The van der Waals surface area contributed by atoms with Gasteiger partial charge in [-0.3, -0.25) is 4.79 Å². The first-order valence-corrected chi connectivity index (χ1v) is 11.4. The minimum absolute atomic E-state index is 0.103. The predicted octanol–water partition coefficient (Wildman–Crippen LogP) is 3.17. The molecular weight excluding hydrogens is 360 g/mol. The lowest BCUT2D eigenvalue weighted by Crippen LogP contribution is -2.45. The first kappa shape index (κ1) is 20.3. The highest BCUT2D eigenvalue weighted by atomic mass is 32.2. The van der Waals surface area contributed by atoms with Crippen LogP contribution in [0, 0.1) is 38.5 Å². The van der Waals surface area contributed by atoms with Gasteiger partial charge in [0, 0.05) is 13.1 Å². The fourth-order valence-corrected chi connectivity index (χ4v) is 6.86. The van der Waals surface area contributed by atoms with E-state index in [1.165, 1.54) is 37.0 Å². The van der Waals surface area contributed by atoms with Gasteiger partial charge in [-0.05, 0) is 75.8 Å². The SMILES string of the molecule is Cc1cc(C)c(S(=O)(=O)N(C)CC(=O)N[C@@H](C)[C@@H]2C[C@H]3CC[C@H]2C3)c(C)c1. The summed E-state index contributed by atoms with van der Waals surface area (Å²) < 4.78 is 27.2. The average Bonchev–Trinajstić information content (AvgIpc) is 3.16. The normalized spacial score (nSPS) is 25.8. The predicted molar refractivity (Wildman–Crippen MR) is 107 cm³/mol. The molecule has 2 bridgehead atoms. The number of aryl methyl sites for hydroxylation is 3. The Balaban J connectivity index is 1.65. The van der Waals surface area contributed by atoms with E-state index < -0.39 is 10.0 Å². The molecule has 6 heteroatoms. The van der Waals surface area contributed by atoms with Crippen LogP contribution in [0.1, 0.15) is 49.3 Å². The molecule has 0 spiro atoms. The lowest BCUT2D eigenvalue weighted by molar-refractivity contribution is -0.122. The molecule has 2 saturated carbocycles. The Kier molecular flexibility index (Phi) is 5.69. The van der Waals surface area contributed by atoms with Crippen LogP contribution < -0.4 is 5.32 Å². The van der Waals surface area contributed by atoms with Crippen LogP contribution in [-0.2, 0) is 14.8 Å². The molecule has 0 heterocycles. The van der Waals surface area contributed by atoms with Gasteiger partial charge in [0.25, 0.3) is 0 Å². The molecule has 1 aromatic rings. The average molecular weight is 393 g/mol. The van der Waals surface area contributed by atoms with Gasteiger partial charge >= 0.3 is 0 Å². The summed E-state index contributed by atoms with van der Waals surface area (Å²) in [5.41, 5.74) is 2.47. The molecule has 150 valence electrons. The molecule has 2 aliphatic rings. The van der Waals surface area contributed by atoms with Gasteiger partial charge < -0.3 is 5.32 Å². The summed E-state index contributed by atoms with van der Waals surface area (Å²) in [5.74, 6) is 1.87. The highest BCUT2D eigenvalue weighted by Crippen LogP contribution is 2.49. The molecule has 0 radical (unpaired) electrons. The van der Waals surface area contributed by atoms with Crippen LogP contribution in [0.5, 0.6) is 0 Å². The molecule has 27 heavy (non-hydrogen) atoms. The van der Waals surface area contributed by atoms with Gasteiger partial charge in [0.05, 0.1) is 11.4 Å². The van der Waals surface area contributed by atoms with Crippen LogP contribution in [0.2, 0.25) is 0 Å². The maximum absolute atomic E-state index is 13.0. The zero-order valence-electron chi connectivity index (χ0n) is 17.1. The number of sulfonamides is 1. The number of carbonyl (C=O) groups is 1. The van der Waals surface area contributed by atoms with Crippen molar-refractivity contribution in [3.63, 3.8) is 0 Å². The van der Waals surface area contributed by atoms with Crippen LogP contribution in [0.15, 0.2) is 17.0 Å². The summed E-state index contributed by atoms with van der Waals surface area (Å²) in [5, 5.41) is 3.05. The molecule has 0 saturated heterocycles. The number of carbonyl (C=O) groups excluding carboxylic acids is 1. The van der Waals surface area contributed by atoms with Gasteiger partial charge in [0.1, 0.15) is 0 Å². The van der Waals surface area contributed by atoms with Gasteiger partial charge in [-0.1, -0.05) is 24.1 Å². The van der Waals surface area contributed by atoms with Gasteiger partial charge in [-0.15, -0.1) is 0 Å². The Labute approximate surface area is 163 Å². The standard InChI is InChI=1S/C21H32N2O3S/c1-13-8-14(2)21(15(3)9-13)27(25,26)23(5)12-20(24)22-16(4)19-11-17-6-7-18(19)10-17/h8-9,16-19H,6-7,10-12H2,1-5H3,(H,22,24)/t16-,17-,18-,19-/m0/s1. The second-order valence-corrected chi connectivity index (χ2v) is 10.7. The van der Waals surface area contributed by atoms with Gasteiger partial charge in [0.2, 0.25) is 15.9 Å². The molecule has 0 aromatic heterocycles. The third-order valence-electron chi connectivity index (χ3n) is 6.46. The number of benzene rings is 1. The van der Waals surface area contributed by atoms with E-state index in [4.69, 9.17) is 0 Å². The summed E-state index contributed by atoms with van der Waals surface area (Å²) in [6.07, 6.45) is 5.10. The molecule has 3 rings (SSSR count). The number of nitrogens with one attached hydrogen (secondary N) is 1. The Morgan fingerprint density at radius 1 is 1.19 bits per heavy atom. The molecule has 1 amide bonds. The molecular formula is C21H32N2O3S. The second kappa shape index (κ2) is 7.55. The quantitative estimate of drug-likeness (QED) is 0.809. The summed E-state index contributed by atoms with van der Waals surface area (Å²) in [7, 11) is -2.22. The van der Waals surface area contributed by atoms with Crippen molar-refractivity contribution in [2.45, 2.75) is 64.3 Å². The van der Waals surface area contributed by atoms with E-state index in [0.29, 0.717) is 10.8 Å². The smallest absolute Gasteiger partial charge is 0.243 e. The van der Waals surface area contributed by atoms with Crippen molar-refractivity contribution in [3.8, 4) is 0 Å². The van der Waals surface area contributed by atoms with Crippen molar-refractivity contribution in [1.29, 1.82) is 0 Å². The lowest BCUT2D eigenvalue weighted by Gasteiger charge is -2.29. The summed E-state index contributed by atoms with van der Waals surface area (Å²) >= 11 is 0. The Bertz CT molecular complexity index is 811. The number of nitrogens with zero attached hydrogens (tertiary/aromatic N) is 1. The summed E-state index contributed by atoms with van der Waals surface area (Å²) in [4.78, 5) is 12.8. The zero-order valence-corrected chi connectivity index (χ0v) is 17.9. The van der Waals surface area contributed by atoms with Crippen LogP contribution >= 0.6 is 0 Å².